The molecule has 0 aliphatic carbocycles. The average Bonchev–Trinajstić information content (AvgIpc) is 3.29. The molecule has 0 bridgehead atoms. The first-order valence-corrected chi connectivity index (χ1v) is 11.8. The molecule has 196 valence electrons. The molecule has 36 heavy (non-hydrogen) atoms. The minimum absolute atomic E-state index is 0.171. The van der Waals surface area contributed by atoms with Crippen molar-refractivity contribution >= 4 is 17.6 Å². The second-order valence-electron chi connectivity index (χ2n) is 12.1. The molecule has 1 atom stereocenters. The van der Waals surface area contributed by atoms with Crippen LogP contribution in [0.2, 0.25) is 0 Å². The van der Waals surface area contributed by atoms with E-state index in [9.17, 15) is 0 Å². The highest BCUT2D eigenvalue weighted by atomic mass is 15.4. The van der Waals surface area contributed by atoms with E-state index in [1.54, 1.807) is 18.2 Å². The maximum atomic E-state index is 6.29. The van der Waals surface area contributed by atoms with Crippen LogP contribution >= 0.6 is 0 Å². The second-order valence-corrected chi connectivity index (χ2v) is 12.1. The largest absolute Gasteiger partial charge is 0.385 e. The van der Waals surface area contributed by atoms with Gasteiger partial charge in [-0.15, -0.1) is 0 Å². The van der Waals surface area contributed by atoms with Crippen molar-refractivity contribution in [2.24, 2.45) is 16.9 Å². The summed E-state index contributed by atoms with van der Waals surface area (Å²) in [4.78, 5) is 13.6. The maximum absolute atomic E-state index is 6.29. The van der Waals surface area contributed by atoms with Crippen molar-refractivity contribution in [2.45, 2.75) is 79.2 Å². The molecule has 0 aliphatic heterocycles. The summed E-state index contributed by atoms with van der Waals surface area (Å²) in [6.45, 7) is 18.4. The molecule has 0 amide bonds. The van der Waals surface area contributed by atoms with Gasteiger partial charge >= 0.3 is 0 Å². The van der Waals surface area contributed by atoms with Gasteiger partial charge in [0, 0.05) is 29.0 Å². The predicted molar refractivity (Wildman–Crippen MR) is 144 cm³/mol. The van der Waals surface area contributed by atoms with Crippen LogP contribution in [0.1, 0.15) is 73.7 Å². The molecule has 0 saturated heterocycles. The van der Waals surface area contributed by atoms with E-state index in [2.05, 4.69) is 30.5 Å². The Bertz CT molecular complexity index is 1190. The number of nitrogen functional groups attached to an aromatic ring is 2. The van der Waals surface area contributed by atoms with Crippen molar-refractivity contribution in [1.82, 2.24) is 34.5 Å². The fourth-order valence-electron chi connectivity index (χ4n) is 3.06. The van der Waals surface area contributed by atoms with Crippen LogP contribution in [-0.2, 0) is 10.8 Å². The first kappa shape index (κ1) is 26.9. The molecule has 3 rings (SSSR count). The van der Waals surface area contributed by atoms with Gasteiger partial charge in [0.2, 0.25) is 5.95 Å². The van der Waals surface area contributed by atoms with Crippen molar-refractivity contribution in [3.8, 4) is 11.9 Å². The zero-order chi connectivity index (χ0) is 27.2. The molecular formula is C24H40N12. The Kier molecular flexibility index (Phi) is 6.79. The average molecular weight is 497 g/mol. The summed E-state index contributed by atoms with van der Waals surface area (Å²) in [5, 5.41) is 12.3. The van der Waals surface area contributed by atoms with Gasteiger partial charge in [-0.3, -0.25) is 0 Å². The molecule has 0 spiro atoms. The minimum atomic E-state index is -0.294. The van der Waals surface area contributed by atoms with Gasteiger partial charge in [-0.05, 0) is 11.5 Å². The smallest absolute Gasteiger partial charge is 0.259 e. The van der Waals surface area contributed by atoms with Gasteiger partial charge < -0.3 is 28.3 Å². The van der Waals surface area contributed by atoms with Crippen LogP contribution < -0.4 is 28.3 Å². The molecule has 0 fully saturated rings. The topological polar surface area (TPSA) is 190 Å². The molecule has 3 aromatic heterocycles. The van der Waals surface area contributed by atoms with E-state index in [0.717, 1.165) is 11.4 Å². The van der Waals surface area contributed by atoms with Gasteiger partial charge in [0.25, 0.3) is 11.9 Å². The third-order valence-electron chi connectivity index (χ3n) is 5.62. The van der Waals surface area contributed by atoms with Crippen molar-refractivity contribution < 1.29 is 0 Å². The van der Waals surface area contributed by atoms with Gasteiger partial charge in [-0.2, -0.15) is 34.5 Å². The van der Waals surface area contributed by atoms with Crippen molar-refractivity contribution in [1.29, 1.82) is 0 Å². The monoisotopic (exact) mass is 496 g/mol. The van der Waals surface area contributed by atoms with Crippen LogP contribution in [0, 0.1) is 5.41 Å². The fourth-order valence-corrected chi connectivity index (χ4v) is 3.06. The van der Waals surface area contributed by atoms with Crippen LogP contribution in [0.15, 0.2) is 24.0 Å². The molecule has 3 aromatic rings. The second kappa shape index (κ2) is 9.08. The van der Waals surface area contributed by atoms with Crippen LogP contribution in [-0.4, -0.2) is 40.6 Å². The minimum Gasteiger partial charge on any atom is -0.385 e. The highest BCUT2D eigenvalue weighted by Crippen LogP contribution is 2.26. The molecule has 0 aromatic carbocycles. The number of nitrogens with two attached hydrogens (primary N) is 4. The lowest BCUT2D eigenvalue weighted by atomic mass is 9.87. The predicted octanol–water partition coefficient (Wildman–Crippen LogP) is 2.59. The standard InChI is InChI=1S/C24H40N12/c1-22(2,3)13(25)10-16(26)29-19-30-20(35-17(27)11-14(33-35)23(4,5)6)32-21(31-19)36-18(28)12-15(34-36)24(7,8)9/h10-13H,25-28H2,1-9H3,(H,29,30,31,32)/b16-10-. The van der Waals surface area contributed by atoms with E-state index in [1.807, 2.05) is 62.3 Å². The highest BCUT2D eigenvalue weighted by Gasteiger charge is 2.24. The number of hydrogen-bond donors (Lipinski definition) is 5. The Balaban J connectivity index is 2.16. The Morgan fingerprint density at radius 3 is 1.56 bits per heavy atom. The van der Waals surface area contributed by atoms with Crippen molar-refractivity contribution in [3.05, 3.63) is 35.4 Å². The van der Waals surface area contributed by atoms with E-state index in [1.165, 1.54) is 9.36 Å². The SMILES string of the molecule is CC(C)(C)c1cc(N)n(-c2nc(N/C(N)=C\C(N)C(C)(C)C)nc(-n3nc(C(C)(C)C)cc3N)n2)n1. The molecule has 12 nitrogen and oxygen atoms in total. The summed E-state index contributed by atoms with van der Waals surface area (Å²) in [7, 11) is 0. The lowest BCUT2D eigenvalue weighted by Crippen LogP contribution is -2.34. The van der Waals surface area contributed by atoms with Crippen LogP contribution in [0.3, 0.4) is 0 Å². The fraction of sp³-hybridized carbons (Fsp3) is 0.542. The normalized spacial score (nSPS) is 14.2. The Labute approximate surface area is 212 Å². The van der Waals surface area contributed by atoms with Crippen molar-refractivity contribution in [3.63, 3.8) is 0 Å². The van der Waals surface area contributed by atoms with E-state index in [-0.39, 0.29) is 40.1 Å². The highest BCUT2D eigenvalue weighted by molar-refractivity contribution is 5.45. The first-order valence-electron chi connectivity index (χ1n) is 11.8. The molecule has 3 heterocycles. The molecule has 0 radical (unpaired) electrons. The number of nitrogens with one attached hydrogen (secondary N) is 1. The number of nitrogens with zero attached hydrogens (tertiary/aromatic N) is 7. The van der Waals surface area contributed by atoms with Gasteiger partial charge in [0.15, 0.2) is 0 Å². The Morgan fingerprint density at radius 2 is 1.22 bits per heavy atom. The number of aromatic nitrogens is 7. The summed E-state index contributed by atoms with van der Waals surface area (Å²) in [5.41, 5.74) is 26.1. The van der Waals surface area contributed by atoms with Crippen LogP contribution in [0.25, 0.3) is 11.9 Å². The van der Waals surface area contributed by atoms with Crippen LogP contribution in [0.5, 0.6) is 0 Å². The van der Waals surface area contributed by atoms with E-state index in [0.29, 0.717) is 17.5 Å². The van der Waals surface area contributed by atoms with Gasteiger partial charge in [-0.1, -0.05) is 62.3 Å². The summed E-state index contributed by atoms with van der Waals surface area (Å²) in [6.07, 6.45) is 1.73. The summed E-state index contributed by atoms with van der Waals surface area (Å²) >= 11 is 0. The number of rotatable bonds is 5. The summed E-state index contributed by atoms with van der Waals surface area (Å²) < 4.78 is 2.92. The molecule has 12 heteroatoms. The van der Waals surface area contributed by atoms with Gasteiger partial charge in [-0.25, -0.2) is 0 Å². The molecule has 0 aliphatic rings. The van der Waals surface area contributed by atoms with E-state index in [4.69, 9.17) is 22.9 Å². The summed E-state index contributed by atoms with van der Waals surface area (Å²) in [6, 6.07) is 3.30. The molecule has 1 unspecified atom stereocenters. The van der Waals surface area contributed by atoms with Gasteiger partial charge in [0.1, 0.15) is 17.5 Å². The maximum Gasteiger partial charge on any atom is 0.259 e. The van der Waals surface area contributed by atoms with Gasteiger partial charge in [0.05, 0.1) is 11.4 Å². The zero-order valence-corrected chi connectivity index (χ0v) is 22.7. The quantitative estimate of drug-likeness (QED) is 0.351. The van der Waals surface area contributed by atoms with E-state index < -0.39 is 0 Å². The third-order valence-corrected chi connectivity index (χ3v) is 5.62. The lowest BCUT2D eigenvalue weighted by molar-refractivity contribution is 0.365. The van der Waals surface area contributed by atoms with Crippen molar-refractivity contribution in [2.75, 3.05) is 16.8 Å². The van der Waals surface area contributed by atoms with Crippen LogP contribution in [0.4, 0.5) is 17.6 Å². The summed E-state index contributed by atoms with van der Waals surface area (Å²) in [5.74, 6) is 1.61. The third kappa shape index (κ3) is 5.93. The Hall–Kier alpha value is -3.67. The number of anilines is 3. The number of hydrogen-bond acceptors (Lipinski definition) is 10. The lowest BCUT2D eigenvalue weighted by Gasteiger charge is -2.24. The molecular weight excluding hydrogens is 456 g/mol. The Morgan fingerprint density at radius 1 is 0.806 bits per heavy atom. The first-order chi connectivity index (χ1) is 16.4. The molecule has 9 N–H and O–H groups in total. The molecule has 0 saturated carbocycles. The zero-order valence-electron chi connectivity index (χ0n) is 22.7. The van der Waals surface area contributed by atoms with E-state index >= 15 is 0 Å².